The molecule has 0 aromatic heterocycles. The second kappa shape index (κ2) is 77.2. The fraction of sp³-hybridized carbons (Fsp3) is 0.556. The Morgan fingerprint density at radius 2 is 0.540 bits per heavy atom. The number of phosphoric ester groups is 1. The van der Waals surface area contributed by atoms with Crippen LogP contribution in [0.1, 0.15) is 271 Å². The molecule has 0 aromatic rings. The van der Waals surface area contributed by atoms with Crippen LogP contribution in [0, 0.1) is 0 Å². The molecule has 0 bridgehead atoms. The molecule has 0 radical (unpaired) electrons. The molecule has 0 spiro atoms. The topological polar surface area (TPSA) is 111 Å². The SMILES string of the molecule is CC/C=C\C/C=C\C/C=C\C/C=C\C/C=C\C/C=C\C/C=C\C/C=C\C/C=C\C/C=C\C/C=C\C/C=C\CCCCC(=O)OC(COC(=O)CCCCCCCCCCCCCCCCC/C=C\C/C=C\C/C=C\C/C=C\C/C=C\C/C=C\C/C=C\CC)COP(=O)([O-])OCC[N+](C)(C)C. The zero-order valence-corrected chi connectivity index (χ0v) is 64.7. The van der Waals surface area contributed by atoms with Crippen molar-refractivity contribution in [3.63, 3.8) is 0 Å². The van der Waals surface area contributed by atoms with Crippen molar-refractivity contribution in [3.8, 4) is 0 Å². The van der Waals surface area contributed by atoms with Gasteiger partial charge in [0.2, 0.25) is 0 Å². The van der Waals surface area contributed by atoms with Gasteiger partial charge in [-0.25, -0.2) is 0 Å². The van der Waals surface area contributed by atoms with E-state index in [0.717, 1.165) is 154 Å². The van der Waals surface area contributed by atoms with Crippen LogP contribution in [0.25, 0.3) is 0 Å². The van der Waals surface area contributed by atoms with Crippen molar-refractivity contribution in [1.29, 1.82) is 0 Å². The van der Waals surface area contributed by atoms with Gasteiger partial charge in [0.15, 0.2) is 6.10 Å². The van der Waals surface area contributed by atoms with Crippen LogP contribution in [0.5, 0.6) is 0 Å². The number of esters is 2. The van der Waals surface area contributed by atoms with E-state index < -0.39 is 32.5 Å². The zero-order chi connectivity index (χ0) is 72.5. The second-order valence-corrected chi connectivity index (χ2v) is 27.7. The van der Waals surface area contributed by atoms with Gasteiger partial charge in [-0.2, -0.15) is 0 Å². The maximum atomic E-state index is 12.9. The highest BCUT2D eigenvalue weighted by Crippen LogP contribution is 2.38. The van der Waals surface area contributed by atoms with Crippen LogP contribution in [-0.4, -0.2) is 70.0 Å². The molecule has 0 aliphatic rings. The summed E-state index contributed by atoms with van der Waals surface area (Å²) < 4.78 is 34.3. The second-order valence-electron chi connectivity index (χ2n) is 26.3. The van der Waals surface area contributed by atoms with Gasteiger partial charge >= 0.3 is 11.9 Å². The van der Waals surface area contributed by atoms with Gasteiger partial charge in [-0.15, -0.1) is 0 Å². The molecule has 0 heterocycles. The summed E-state index contributed by atoms with van der Waals surface area (Å²) in [6.45, 7) is 3.94. The van der Waals surface area contributed by atoms with Crippen LogP contribution < -0.4 is 4.89 Å². The van der Waals surface area contributed by atoms with E-state index in [1.165, 1.54) is 77.0 Å². The Labute approximate surface area is 613 Å². The van der Waals surface area contributed by atoms with E-state index in [0.29, 0.717) is 23.9 Å². The summed E-state index contributed by atoms with van der Waals surface area (Å²) in [5.41, 5.74) is 0. The van der Waals surface area contributed by atoms with E-state index in [9.17, 15) is 19.0 Å². The molecule has 0 rings (SSSR count). The van der Waals surface area contributed by atoms with E-state index >= 15 is 0 Å². The number of hydrogen-bond donors (Lipinski definition) is 0. The van der Waals surface area contributed by atoms with E-state index in [4.69, 9.17) is 18.5 Å². The third kappa shape index (κ3) is 81.0. The van der Waals surface area contributed by atoms with E-state index in [2.05, 4.69) is 245 Å². The van der Waals surface area contributed by atoms with Crippen molar-refractivity contribution in [2.75, 3.05) is 47.5 Å². The minimum absolute atomic E-state index is 0.0510. The molecule has 0 saturated carbocycles. The molecule has 0 fully saturated rings. The normalized spacial score (nSPS) is 14.3. The lowest BCUT2D eigenvalue weighted by Gasteiger charge is -2.28. The van der Waals surface area contributed by atoms with Crippen LogP contribution in [0.15, 0.2) is 231 Å². The number of nitrogens with zero attached hydrogens (tertiary/aromatic N) is 1. The van der Waals surface area contributed by atoms with Crippen LogP contribution in [0.4, 0.5) is 0 Å². The van der Waals surface area contributed by atoms with Crippen LogP contribution in [0.2, 0.25) is 0 Å². The summed E-state index contributed by atoms with van der Waals surface area (Å²) in [5, 5.41) is 0. The summed E-state index contributed by atoms with van der Waals surface area (Å²) in [7, 11) is 1.11. The molecule has 10 heteroatoms. The van der Waals surface area contributed by atoms with Gasteiger partial charge < -0.3 is 27.9 Å². The number of carbonyl (C=O) groups is 2. The van der Waals surface area contributed by atoms with Crippen molar-refractivity contribution in [3.05, 3.63) is 231 Å². The van der Waals surface area contributed by atoms with Gasteiger partial charge in [-0.05, 0) is 161 Å². The smallest absolute Gasteiger partial charge is 0.306 e. The van der Waals surface area contributed by atoms with Crippen molar-refractivity contribution < 1.29 is 42.1 Å². The van der Waals surface area contributed by atoms with Gasteiger partial charge in [0, 0.05) is 12.8 Å². The predicted octanol–water partition coefficient (Wildman–Crippen LogP) is 25.9. The Hall–Kier alpha value is -5.93. The number of carbonyl (C=O) groups excluding carboxylic acids is 2. The Morgan fingerprint density at radius 1 is 0.310 bits per heavy atom. The molecule has 0 aromatic carbocycles. The average molecular weight is 1400 g/mol. The Morgan fingerprint density at radius 3 is 0.820 bits per heavy atom. The molecule has 0 aliphatic carbocycles. The van der Waals surface area contributed by atoms with Crippen LogP contribution >= 0.6 is 7.82 Å². The third-order valence-electron chi connectivity index (χ3n) is 15.7. The largest absolute Gasteiger partial charge is 0.756 e. The third-order valence-corrected chi connectivity index (χ3v) is 16.6. The zero-order valence-electron chi connectivity index (χ0n) is 63.8. The molecule has 0 aliphatic heterocycles. The lowest BCUT2D eigenvalue weighted by atomic mass is 10.0. The fourth-order valence-electron chi connectivity index (χ4n) is 9.79. The molecule has 100 heavy (non-hydrogen) atoms. The number of rotatable bonds is 69. The molecule has 2 unspecified atom stereocenters. The Bertz CT molecular complexity index is 2550. The lowest BCUT2D eigenvalue weighted by molar-refractivity contribution is -0.870. The Balaban J connectivity index is 4.16. The number of ether oxygens (including phenoxy) is 2. The molecular formula is C90H142NO8P. The molecule has 560 valence electrons. The van der Waals surface area contributed by atoms with Crippen molar-refractivity contribution in [1.82, 2.24) is 0 Å². The highest BCUT2D eigenvalue weighted by Gasteiger charge is 2.22. The highest BCUT2D eigenvalue weighted by atomic mass is 31.2. The number of hydrogen-bond acceptors (Lipinski definition) is 8. The Kier molecular flexibility index (Phi) is 72.7. The van der Waals surface area contributed by atoms with E-state index in [-0.39, 0.29) is 26.1 Å². The first kappa shape index (κ1) is 94.1. The van der Waals surface area contributed by atoms with E-state index in [1.54, 1.807) is 0 Å². The summed E-state index contributed by atoms with van der Waals surface area (Å²) >= 11 is 0. The molecule has 2 atom stereocenters. The van der Waals surface area contributed by atoms with Crippen molar-refractivity contribution in [2.24, 2.45) is 0 Å². The summed E-state index contributed by atoms with van der Waals surface area (Å²) in [6, 6.07) is 0. The van der Waals surface area contributed by atoms with Gasteiger partial charge in [-0.1, -0.05) is 328 Å². The highest BCUT2D eigenvalue weighted by molar-refractivity contribution is 7.45. The first-order chi connectivity index (χ1) is 49.0. The maximum absolute atomic E-state index is 12.9. The summed E-state index contributed by atoms with van der Waals surface area (Å²) in [6.07, 6.45) is 124. The first-order valence-electron chi connectivity index (χ1n) is 39.1. The van der Waals surface area contributed by atoms with Crippen molar-refractivity contribution >= 4 is 19.8 Å². The molecular weight excluding hydrogens is 1250 g/mol. The fourth-order valence-corrected chi connectivity index (χ4v) is 10.5. The number of phosphoric acid groups is 1. The lowest BCUT2D eigenvalue weighted by Crippen LogP contribution is -2.37. The maximum Gasteiger partial charge on any atom is 0.306 e. The monoisotopic (exact) mass is 1400 g/mol. The number of quaternary nitrogens is 1. The van der Waals surface area contributed by atoms with Gasteiger partial charge in [0.1, 0.15) is 19.8 Å². The van der Waals surface area contributed by atoms with Crippen molar-refractivity contribution in [2.45, 2.75) is 277 Å². The number of likely N-dealkylation sites (N-methyl/N-ethyl adjacent to an activating group) is 1. The minimum atomic E-state index is -4.67. The molecule has 0 N–H and O–H groups in total. The molecule has 0 saturated heterocycles. The predicted molar refractivity (Wildman–Crippen MR) is 433 cm³/mol. The minimum Gasteiger partial charge on any atom is -0.756 e. The molecule has 9 nitrogen and oxygen atoms in total. The van der Waals surface area contributed by atoms with Crippen LogP contribution in [0.3, 0.4) is 0 Å². The van der Waals surface area contributed by atoms with Crippen LogP contribution in [-0.2, 0) is 32.7 Å². The standard InChI is InChI=1S/C90H142NO8P/c1-6-8-10-12-14-16-18-20-22-24-26-28-30-32-34-36-38-40-42-44-45-47-49-51-53-55-57-59-61-63-65-67-69-71-73-75-77-79-81-83-90(93)99-88(87-98-100(94,95)97-85-84-91(3,4)5)86-96-89(92)82-80-78-76-74-72-70-68-66-64-62-60-58-56-54-52-50-48-46-43-41-39-37-35-33-31-29-27-25-23-21-19-17-15-13-11-9-7-2/h8-11,14-17,20-23,26-29,32-35,38-41,44-46,48-49,51,55,57,61,63,67,69,73,75,88H,6-7,12-13,18-19,24-25,30-31,36-37,42-43,47,50,52-54,56,58-60,62,64-66,68,70-72,74,76-87H2,1-5H3/b10-8-,11-9-,16-14-,17-15-,22-20-,23-21-,28-26-,29-27-,34-32-,35-33-,40-38-,41-39-,45-44-,48-46-,51-49-,57-55-,63-61-,69-67-,75-73-. The molecule has 0 amide bonds. The van der Waals surface area contributed by atoms with Gasteiger partial charge in [0.05, 0.1) is 27.7 Å². The van der Waals surface area contributed by atoms with Gasteiger partial charge in [0.25, 0.3) is 7.82 Å². The number of allylic oxidation sites excluding steroid dienone is 38. The first-order valence-corrected chi connectivity index (χ1v) is 40.6. The quantitative estimate of drug-likeness (QED) is 0.0195. The average Bonchev–Trinajstić information content (AvgIpc) is 1.07. The van der Waals surface area contributed by atoms with E-state index in [1.807, 2.05) is 21.1 Å². The summed E-state index contributed by atoms with van der Waals surface area (Å²) in [5.74, 6) is -0.898. The van der Waals surface area contributed by atoms with Gasteiger partial charge in [-0.3, -0.25) is 14.2 Å². The summed E-state index contributed by atoms with van der Waals surface area (Å²) in [4.78, 5) is 38.1. The number of unbranched alkanes of at least 4 members (excludes halogenated alkanes) is 17.